The first-order chi connectivity index (χ1) is 9.15. The Hall–Kier alpha value is -1.16. The lowest BCUT2D eigenvalue weighted by molar-refractivity contribution is 0.112. The zero-order chi connectivity index (χ0) is 13.8. The standard InChI is InChI=1S/C14H10Cl2O2S/c1-18-10-3-2-4-11(7-10)19-12-6-5-9(8-17)13(15)14(12)16/h2-8H,1H3. The van der Waals surface area contributed by atoms with Gasteiger partial charge in [-0.3, -0.25) is 4.79 Å². The number of carbonyl (C=O) groups excluding carboxylic acids is 1. The minimum absolute atomic E-state index is 0.282. The first-order valence-electron chi connectivity index (χ1n) is 5.41. The Bertz CT molecular complexity index is 614. The number of ether oxygens (including phenoxy) is 1. The molecule has 0 atom stereocenters. The van der Waals surface area contributed by atoms with Crippen molar-refractivity contribution in [3.05, 3.63) is 52.0 Å². The highest BCUT2D eigenvalue weighted by Gasteiger charge is 2.11. The molecule has 2 rings (SSSR count). The lowest BCUT2D eigenvalue weighted by atomic mass is 10.2. The number of benzene rings is 2. The lowest BCUT2D eigenvalue weighted by Gasteiger charge is -2.08. The number of carbonyl (C=O) groups is 1. The van der Waals surface area contributed by atoms with Gasteiger partial charge in [0.1, 0.15) is 5.75 Å². The Morgan fingerprint density at radius 3 is 2.63 bits per heavy atom. The molecule has 2 nitrogen and oxygen atoms in total. The van der Waals surface area contributed by atoms with E-state index in [9.17, 15) is 4.79 Å². The topological polar surface area (TPSA) is 26.3 Å². The third-order valence-electron chi connectivity index (χ3n) is 2.47. The molecule has 0 amide bonds. The van der Waals surface area contributed by atoms with Crippen molar-refractivity contribution in [2.45, 2.75) is 9.79 Å². The van der Waals surface area contributed by atoms with Gasteiger partial charge in [0.05, 0.1) is 17.2 Å². The van der Waals surface area contributed by atoms with Crippen LogP contribution in [-0.2, 0) is 0 Å². The number of halogens is 2. The first-order valence-corrected chi connectivity index (χ1v) is 6.98. The van der Waals surface area contributed by atoms with Gasteiger partial charge in [-0.25, -0.2) is 0 Å². The van der Waals surface area contributed by atoms with Crippen LogP contribution in [0.1, 0.15) is 10.4 Å². The van der Waals surface area contributed by atoms with E-state index in [2.05, 4.69) is 0 Å². The minimum atomic E-state index is 0.282. The second-order valence-corrected chi connectivity index (χ2v) is 5.55. The van der Waals surface area contributed by atoms with Crippen LogP contribution in [0.25, 0.3) is 0 Å². The molecule has 0 aliphatic heterocycles. The summed E-state index contributed by atoms with van der Waals surface area (Å²) >= 11 is 13.6. The molecule has 0 radical (unpaired) electrons. The molecule has 0 aromatic heterocycles. The van der Waals surface area contributed by atoms with Gasteiger partial charge in [0.15, 0.2) is 6.29 Å². The van der Waals surface area contributed by atoms with Crippen LogP contribution in [-0.4, -0.2) is 13.4 Å². The van der Waals surface area contributed by atoms with E-state index in [1.807, 2.05) is 24.3 Å². The first kappa shape index (κ1) is 14.3. The Balaban J connectivity index is 2.33. The van der Waals surface area contributed by atoms with E-state index >= 15 is 0 Å². The van der Waals surface area contributed by atoms with Crippen molar-refractivity contribution in [2.75, 3.05) is 7.11 Å². The molecule has 0 aliphatic carbocycles. The SMILES string of the molecule is COc1cccc(Sc2ccc(C=O)c(Cl)c2Cl)c1. The van der Waals surface area contributed by atoms with E-state index in [4.69, 9.17) is 27.9 Å². The summed E-state index contributed by atoms with van der Waals surface area (Å²) in [5.74, 6) is 0.775. The fourth-order valence-corrected chi connectivity index (χ4v) is 2.96. The summed E-state index contributed by atoms with van der Waals surface area (Å²) in [6.07, 6.45) is 0.689. The van der Waals surface area contributed by atoms with E-state index in [1.54, 1.807) is 19.2 Å². The van der Waals surface area contributed by atoms with Gasteiger partial charge in [0, 0.05) is 15.4 Å². The quantitative estimate of drug-likeness (QED) is 0.746. The molecule has 0 saturated carbocycles. The highest BCUT2D eigenvalue weighted by molar-refractivity contribution is 7.99. The van der Waals surface area contributed by atoms with Crippen molar-refractivity contribution in [1.82, 2.24) is 0 Å². The molecule has 0 N–H and O–H groups in total. The third-order valence-corrected chi connectivity index (χ3v) is 4.53. The third kappa shape index (κ3) is 3.24. The normalized spacial score (nSPS) is 10.3. The molecular formula is C14H10Cl2O2S. The Morgan fingerprint density at radius 1 is 1.16 bits per heavy atom. The summed E-state index contributed by atoms with van der Waals surface area (Å²) in [6, 6.07) is 11.1. The summed E-state index contributed by atoms with van der Waals surface area (Å²) in [4.78, 5) is 12.5. The maximum Gasteiger partial charge on any atom is 0.151 e. The fourth-order valence-electron chi connectivity index (χ4n) is 1.51. The predicted molar refractivity (Wildman–Crippen MR) is 79.0 cm³/mol. The monoisotopic (exact) mass is 312 g/mol. The fraction of sp³-hybridized carbons (Fsp3) is 0.0714. The molecule has 0 bridgehead atoms. The van der Waals surface area contributed by atoms with Crippen LogP contribution in [0, 0.1) is 0 Å². The van der Waals surface area contributed by atoms with Crippen molar-refractivity contribution < 1.29 is 9.53 Å². The number of aldehydes is 1. The molecule has 0 unspecified atom stereocenters. The number of rotatable bonds is 4. The summed E-state index contributed by atoms with van der Waals surface area (Å²) in [5, 5.41) is 0.670. The Labute approximate surface area is 125 Å². The van der Waals surface area contributed by atoms with Crippen LogP contribution in [0.3, 0.4) is 0 Å². The van der Waals surface area contributed by atoms with Crippen LogP contribution >= 0.6 is 35.0 Å². The molecule has 0 saturated heterocycles. The van der Waals surface area contributed by atoms with Crippen LogP contribution in [0.5, 0.6) is 5.75 Å². The van der Waals surface area contributed by atoms with E-state index < -0.39 is 0 Å². The van der Waals surface area contributed by atoms with Gasteiger partial charge < -0.3 is 4.74 Å². The molecular weight excluding hydrogens is 303 g/mol. The smallest absolute Gasteiger partial charge is 0.151 e. The van der Waals surface area contributed by atoms with E-state index in [-0.39, 0.29) is 5.02 Å². The average Bonchev–Trinajstić information content (AvgIpc) is 2.44. The molecule has 19 heavy (non-hydrogen) atoms. The van der Waals surface area contributed by atoms with Crippen molar-refractivity contribution in [3.8, 4) is 5.75 Å². The van der Waals surface area contributed by atoms with Crippen LogP contribution in [0.2, 0.25) is 10.0 Å². The second kappa shape index (κ2) is 6.33. The van der Waals surface area contributed by atoms with Crippen molar-refractivity contribution in [3.63, 3.8) is 0 Å². The highest BCUT2D eigenvalue weighted by Crippen LogP contribution is 2.39. The summed E-state index contributed by atoms with van der Waals surface area (Å²) < 4.78 is 5.16. The Morgan fingerprint density at radius 2 is 1.95 bits per heavy atom. The zero-order valence-electron chi connectivity index (χ0n) is 10.0. The summed E-state index contributed by atoms with van der Waals surface area (Å²) in [6.45, 7) is 0. The van der Waals surface area contributed by atoms with Gasteiger partial charge in [0.2, 0.25) is 0 Å². The zero-order valence-corrected chi connectivity index (χ0v) is 12.4. The van der Waals surface area contributed by atoms with Gasteiger partial charge in [-0.05, 0) is 30.3 Å². The Kier molecular flexibility index (Phi) is 4.75. The van der Waals surface area contributed by atoms with Gasteiger partial charge in [0.25, 0.3) is 0 Å². The largest absolute Gasteiger partial charge is 0.497 e. The average molecular weight is 313 g/mol. The van der Waals surface area contributed by atoms with Crippen LogP contribution in [0.15, 0.2) is 46.2 Å². The van der Waals surface area contributed by atoms with Gasteiger partial charge in [-0.2, -0.15) is 0 Å². The molecule has 2 aromatic rings. The predicted octanol–water partition coefficient (Wildman–Crippen LogP) is 4.97. The molecule has 0 aliphatic rings. The number of hydrogen-bond donors (Lipinski definition) is 0. The molecule has 98 valence electrons. The highest BCUT2D eigenvalue weighted by atomic mass is 35.5. The second-order valence-electron chi connectivity index (χ2n) is 3.68. The number of hydrogen-bond acceptors (Lipinski definition) is 3. The van der Waals surface area contributed by atoms with Crippen molar-refractivity contribution >= 4 is 41.2 Å². The van der Waals surface area contributed by atoms with E-state index in [0.29, 0.717) is 16.9 Å². The van der Waals surface area contributed by atoms with Gasteiger partial charge in [-0.1, -0.05) is 41.0 Å². The van der Waals surface area contributed by atoms with Crippen molar-refractivity contribution in [1.29, 1.82) is 0 Å². The molecule has 0 spiro atoms. The van der Waals surface area contributed by atoms with Crippen LogP contribution < -0.4 is 4.74 Å². The molecule has 0 heterocycles. The molecule has 0 fully saturated rings. The summed E-state index contributed by atoms with van der Waals surface area (Å²) in [5.41, 5.74) is 0.390. The van der Waals surface area contributed by atoms with Crippen LogP contribution in [0.4, 0.5) is 0 Å². The molecule has 5 heteroatoms. The maximum atomic E-state index is 10.8. The van der Waals surface area contributed by atoms with E-state index in [1.165, 1.54) is 11.8 Å². The maximum absolute atomic E-state index is 10.8. The van der Waals surface area contributed by atoms with Gasteiger partial charge in [-0.15, -0.1) is 0 Å². The van der Waals surface area contributed by atoms with E-state index in [0.717, 1.165) is 15.5 Å². The number of methoxy groups -OCH3 is 1. The minimum Gasteiger partial charge on any atom is -0.497 e. The van der Waals surface area contributed by atoms with Crippen molar-refractivity contribution in [2.24, 2.45) is 0 Å². The molecule has 2 aromatic carbocycles. The summed E-state index contributed by atoms with van der Waals surface area (Å²) in [7, 11) is 1.62. The van der Waals surface area contributed by atoms with Gasteiger partial charge >= 0.3 is 0 Å². The lowest BCUT2D eigenvalue weighted by Crippen LogP contribution is -1.86.